The van der Waals surface area contributed by atoms with Crippen LogP contribution in [-0.2, 0) is 23.8 Å². The van der Waals surface area contributed by atoms with Crippen LogP contribution in [0.2, 0.25) is 0 Å². The van der Waals surface area contributed by atoms with Gasteiger partial charge in [-0.05, 0) is 30.9 Å². The van der Waals surface area contributed by atoms with Crippen LogP contribution < -0.4 is 10.2 Å². The summed E-state index contributed by atoms with van der Waals surface area (Å²) in [6, 6.07) is 5.75. The van der Waals surface area contributed by atoms with Gasteiger partial charge >= 0.3 is 0 Å². The van der Waals surface area contributed by atoms with E-state index in [1.54, 1.807) is 10.9 Å². The molecule has 0 saturated carbocycles. The first-order valence-corrected chi connectivity index (χ1v) is 12.4. The Kier molecular flexibility index (Phi) is 6.83. The van der Waals surface area contributed by atoms with Crippen LogP contribution in [0.5, 0.6) is 0 Å². The average molecular weight is 472 g/mol. The van der Waals surface area contributed by atoms with Crippen LogP contribution >= 0.6 is 11.8 Å². The fourth-order valence-electron chi connectivity index (χ4n) is 3.79. The third kappa shape index (κ3) is 5.61. The van der Waals surface area contributed by atoms with E-state index in [0.717, 1.165) is 49.3 Å². The molecule has 1 saturated heterocycles. The summed E-state index contributed by atoms with van der Waals surface area (Å²) in [7, 11) is 1.84. The molecule has 4 heterocycles. The standard InChI is InChI=1S/C23H33N7O2S/c1-16-8-10-29(11-9-16)21-25-26-22(30(21)14-17-7-6-12-32-17)33-15-20(31)24-19-13-18(23(2,3)4)27-28(19)5/h6-7,12-13,16H,8-11,14-15H2,1-5H3,(H,24,31). The predicted molar refractivity (Wildman–Crippen MR) is 130 cm³/mol. The van der Waals surface area contributed by atoms with E-state index >= 15 is 0 Å². The molecule has 10 heteroatoms. The number of rotatable bonds is 7. The van der Waals surface area contributed by atoms with Gasteiger partial charge in [-0.1, -0.05) is 39.5 Å². The zero-order chi connectivity index (χ0) is 23.6. The molecule has 178 valence electrons. The number of anilines is 2. The Hall–Kier alpha value is -2.75. The van der Waals surface area contributed by atoms with Gasteiger partial charge in [0.25, 0.3) is 0 Å². The van der Waals surface area contributed by atoms with Gasteiger partial charge in [-0.25, -0.2) is 0 Å². The van der Waals surface area contributed by atoms with Crippen LogP contribution in [0, 0.1) is 5.92 Å². The van der Waals surface area contributed by atoms with Gasteiger partial charge in [0, 0.05) is 31.6 Å². The third-order valence-corrected chi connectivity index (χ3v) is 6.87. The lowest BCUT2D eigenvalue weighted by atomic mass is 9.92. The third-order valence-electron chi connectivity index (χ3n) is 5.91. The zero-order valence-corrected chi connectivity index (χ0v) is 20.9. The first-order valence-electron chi connectivity index (χ1n) is 11.4. The molecule has 1 amide bonds. The van der Waals surface area contributed by atoms with Crippen LogP contribution in [0.25, 0.3) is 0 Å². The second kappa shape index (κ2) is 9.62. The first kappa shape index (κ1) is 23.4. The Balaban J connectivity index is 1.46. The van der Waals surface area contributed by atoms with Gasteiger partial charge in [-0.2, -0.15) is 5.10 Å². The Labute approximate surface area is 198 Å². The zero-order valence-electron chi connectivity index (χ0n) is 20.0. The van der Waals surface area contributed by atoms with Gasteiger partial charge in [0.2, 0.25) is 11.9 Å². The minimum absolute atomic E-state index is 0.0829. The van der Waals surface area contributed by atoms with Gasteiger partial charge in [0.05, 0.1) is 24.3 Å². The molecule has 0 spiro atoms. The van der Waals surface area contributed by atoms with Crippen LogP contribution in [0.4, 0.5) is 11.8 Å². The average Bonchev–Trinajstić information content (AvgIpc) is 3.49. The maximum atomic E-state index is 12.7. The van der Waals surface area contributed by atoms with Gasteiger partial charge in [0.15, 0.2) is 5.16 Å². The van der Waals surface area contributed by atoms with Crippen molar-refractivity contribution in [3.05, 3.63) is 35.9 Å². The lowest BCUT2D eigenvalue weighted by Crippen LogP contribution is -2.35. The lowest BCUT2D eigenvalue weighted by molar-refractivity contribution is -0.113. The number of aryl methyl sites for hydroxylation is 1. The lowest BCUT2D eigenvalue weighted by Gasteiger charge is -2.31. The fourth-order valence-corrected chi connectivity index (χ4v) is 4.52. The second-order valence-electron chi connectivity index (χ2n) is 9.74. The molecule has 0 unspecified atom stereocenters. The molecule has 1 N–H and O–H groups in total. The number of carbonyl (C=O) groups is 1. The number of nitrogens with one attached hydrogen (secondary N) is 1. The van der Waals surface area contributed by atoms with Crippen molar-refractivity contribution in [3.63, 3.8) is 0 Å². The van der Waals surface area contributed by atoms with Crippen LogP contribution in [0.15, 0.2) is 34.0 Å². The number of nitrogens with zero attached hydrogens (tertiary/aromatic N) is 6. The maximum absolute atomic E-state index is 12.7. The highest BCUT2D eigenvalue weighted by Crippen LogP contribution is 2.28. The molecule has 3 aromatic rings. The monoisotopic (exact) mass is 471 g/mol. The van der Waals surface area contributed by atoms with Crippen LogP contribution in [0.1, 0.15) is 52.0 Å². The molecule has 3 aromatic heterocycles. The number of amides is 1. The highest BCUT2D eigenvalue weighted by atomic mass is 32.2. The minimum Gasteiger partial charge on any atom is -0.467 e. The Morgan fingerprint density at radius 1 is 1.27 bits per heavy atom. The molecular formula is C23H33N7O2S. The quantitative estimate of drug-likeness (QED) is 0.522. The van der Waals surface area contributed by atoms with Crippen molar-refractivity contribution in [1.82, 2.24) is 24.5 Å². The molecule has 1 fully saturated rings. The topological polar surface area (TPSA) is 94.0 Å². The summed E-state index contributed by atoms with van der Waals surface area (Å²) in [5.74, 6) is 3.20. The molecular weight excluding hydrogens is 438 g/mol. The smallest absolute Gasteiger partial charge is 0.235 e. The van der Waals surface area contributed by atoms with Crippen molar-refractivity contribution in [2.24, 2.45) is 13.0 Å². The van der Waals surface area contributed by atoms with E-state index in [0.29, 0.717) is 17.5 Å². The van der Waals surface area contributed by atoms with Gasteiger partial charge in [-0.15, -0.1) is 10.2 Å². The second-order valence-corrected chi connectivity index (χ2v) is 10.7. The Bertz CT molecular complexity index is 1070. The number of aromatic nitrogens is 5. The largest absolute Gasteiger partial charge is 0.467 e. The summed E-state index contributed by atoms with van der Waals surface area (Å²) in [6.07, 6.45) is 3.95. The number of thioether (sulfide) groups is 1. The molecule has 0 aromatic carbocycles. The highest BCUT2D eigenvalue weighted by molar-refractivity contribution is 7.99. The number of furan rings is 1. The molecule has 0 aliphatic carbocycles. The minimum atomic E-state index is -0.107. The van der Waals surface area contributed by atoms with Crippen molar-refractivity contribution in [3.8, 4) is 0 Å². The highest BCUT2D eigenvalue weighted by Gasteiger charge is 2.24. The van der Waals surface area contributed by atoms with E-state index in [2.05, 4.69) is 57.8 Å². The van der Waals surface area contributed by atoms with E-state index < -0.39 is 0 Å². The van der Waals surface area contributed by atoms with Crippen LogP contribution in [-0.4, -0.2) is 49.3 Å². The van der Waals surface area contributed by atoms with Crippen LogP contribution in [0.3, 0.4) is 0 Å². The van der Waals surface area contributed by atoms with Crippen molar-refractivity contribution in [1.29, 1.82) is 0 Å². The van der Waals surface area contributed by atoms with Crippen molar-refractivity contribution < 1.29 is 9.21 Å². The summed E-state index contributed by atoms with van der Waals surface area (Å²) in [6.45, 7) is 11.0. The molecule has 33 heavy (non-hydrogen) atoms. The fraction of sp³-hybridized carbons (Fsp3) is 0.565. The molecule has 1 aliphatic heterocycles. The van der Waals surface area contributed by atoms with Gasteiger partial charge in [-0.3, -0.25) is 14.0 Å². The summed E-state index contributed by atoms with van der Waals surface area (Å²) < 4.78 is 9.33. The Morgan fingerprint density at radius 2 is 2.03 bits per heavy atom. The molecule has 4 rings (SSSR count). The summed E-state index contributed by atoms with van der Waals surface area (Å²) in [5, 5.41) is 17.1. The molecule has 9 nitrogen and oxygen atoms in total. The van der Waals surface area contributed by atoms with E-state index in [9.17, 15) is 4.79 Å². The van der Waals surface area contributed by atoms with Gasteiger partial charge in [0.1, 0.15) is 11.6 Å². The first-order chi connectivity index (χ1) is 15.7. The van der Waals surface area contributed by atoms with Crippen molar-refractivity contribution in [2.75, 3.05) is 29.1 Å². The van der Waals surface area contributed by atoms with E-state index in [1.165, 1.54) is 11.8 Å². The molecule has 1 aliphatic rings. The normalized spacial score (nSPS) is 15.2. The summed E-state index contributed by atoms with van der Waals surface area (Å²) in [5.41, 5.74) is 0.854. The maximum Gasteiger partial charge on any atom is 0.235 e. The van der Waals surface area contributed by atoms with E-state index in [-0.39, 0.29) is 17.1 Å². The number of piperidine rings is 1. The number of hydrogen-bond donors (Lipinski definition) is 1. The number of hydrogen-bond acceptors (Lipinski definition) is 7. The molecule has 0 bridgehead atoms. The molecule has 0 atom stereocenters. The van der Waals surface area contributed by atoms with E-state index in [4.69, 9.17) is 4.42 Å². The predicted octanol–water partition coefficient (Wildman–Crippen LogP) is 3.92. The Morgan fingerprint density at radius 3 is 2.67 bits per heavy atom. The SMILES string of the molecule is CC1CCN(c2nnc(SCC(=O)Nc3cc(C(C)(C)C)nn3C)n2Cc2ccco2)CC1. The van der Waals surface area contributed by atoms with Crippen molar-refractivity contribution in [2.45, 2.75) is 57.7 Å². The summed E-state index contributed by atoms with van der Waals surface area (Å²) in [4.78, 5) is 15.0. The summed E-state index contributed by atoms with van der Waals surface area (Å²) >= 11 is 1.38. The van der Waals surface area contributed by atoms with Gasteiger partial charge < -0.3 is 14.6 Å². The van der Waals surface area contributed by atoms with E-state index in [1.807, 2.05) is 25.2 Å². The van der Waals surface area contributed by atoms with Crippen molar-refractivity contribution >= 4 is 29.4 Å². The molecule has 0 radical (unpaired) electrons. The number of carbonyl (C=O) groups excluding carboxylic acids is 1.